The van der Waals surface area contributed by atoms with Crippen LogP contribution >= 0.6 is 0 Å². The number of aliphatic hydroxyl groups is 1. The summed E-state index contributed by atoms with van der Waals surface area (Å²) >= 11 is 0. The number of carbonyl (C=O) groups excluding carboxylic acids is 1. The number of rotatable bonds is 9. The van der Waals surface area contributed by atoms with Crippen LogP contribution in [0.1, 0.15) is 36.8 Å². The fourth-order valence-corrected chi connectivity index (χ4v) is 5.04. The lowest BCUT2D eigenvalue weighted by molar-refractivity contribution is -0.192. The first-order valence-electron chi connectivity index (χ1n) is 13.4. The number of carboxylic acid groups (broad SMARTS) is 1. The molecule has 1 amide bonds. The third-order valence-corrected chi connectivity index (χ3v) is 7.15. The van der Waals surface area contributed by atoms with Crippen LogP contribution in [-0.2, 0) is 22.6 Å². The minimum absolute atomic E-state index is 0.118. The van der Waals surface area contributed by atoms with Crippen molar-refractivity contribution >= 4 is 11.9 Å². The summed E-state index contributed by atoms with van der Waals surface area (Å²) in [5, 5.41) is 20.2. The minimum atomic E-state index is -5.08. The van der Waals surface area contributed by atoms with E-state index in [9.17, 15) is 23.1 Å². The summed E-state index contributed by atoms with van der Waals surface area (Å²) in [6.45, 7) is 5.24. The molecule has 0 unspecified atom stereocenters. The van der Waals surface area contributed by atoms with E-state index in [-0.39, 0.29) is 11.9 Å². The molecule has 2 heterocycles. The molecule has 2 aliphatic rings. The maximum Gasteiger partial charge on any atom is 0.490 e. The van der Waals surface area contributed by atoms with Crippen molar-refractivity contribution in [1.29, 1.82) is 0 Å². The molecule has 2 aliphatic heterocycles. The minimum Gasteiger partial charge on any atom is -0.475 e. The number of aliphatic carboxylic acids is 1. The zero-order valence-corrected chi connectivity index (χ0v) is 22.0. The number of piperidine rings is 1. The second-order valence-electron chi connectivity index (χ2n) is 10.2. The molecule has 0 radical (unpaired) electrons. The monoisotopic (exact) mass is 549 g/mol. The van der Waals surface area contributed by atoms with Gasteiger partial charge < -0.3 is 25.3 Å². The molecule has 0 bridgehead atoms. The van der Waals surface area contributed by atoms with Gasteiger partial charge in [-0.05, 0) is 68.8 Å². The molecule has 2 aromatic carbocycles. The molecule has 4 rings (SSSR count). The Morgan fingerprint density at radius 3 is 2.05 bits per heavy atom. The van der Waals surface area contributed by atoms with Gasteiger partial charge in [0.15, 0.2) is 0 Å². The molecule has 214 valence electrons. The van der Waals surface area contributed by atoms with Crippen LogP contribution < -0.4 is 5.32 Å². The summed E-state index contributed by atoms with van der Waals surface area (Å²) in [5.41, 5.74) is 2.60. The zero-order chi connectivity index (χ0) is 28.3. The van der Waals surface area contributed by atoms with Crippen LogP contribution in [-0.4, -0.2) is 82.9 Å². The highest BCUT2D eigenvalue weighted by molar-refractivity contribution is 5.82. The first-order valence-corrected chi connectivity index (χ1v) is 13.4. The van der Waals surface area contributed by atoms with Crippen LogP contribution in [0.2, 0.25) is 0 Å². The van der Waals surface area contributed by atoms with E-state index < -0.39 is 18.2 Å². The van der Waals surface area contributed by atoms with Crippen LogP contribution in [0.25, 0.3) is 0 Å². The topological polar surface area (TPSA) is 93.1 Å². The number of aliphatic hydroxyl groups excluding tert-OH is 1. The van der Waals surface area contributed by atoms with E-state index in [0.29, 0.717) is 19.5 Å². The summed E-state index contributed by atoms with van der Waals surface area (Å²) < 4.78 is 31.7. The lowest BCUT2D eigenvalue weighted by atomic mass is 9.90. The molecule has 2 atom stereocenters. The molecule has 2 saturated heterocycles. The number of likely N-dealkylation sites (tertiary alicyclic amines) is 1. The van der Waals surface area contributed by atoms with Gasteiger partial charge in [-0.25, -0.2) is 4.79 Å². The Bertz CT molecular complexity index is 1020. The number of carboxylic acids is 1. The van der Waals surface area contributed by atoms with E-state index in [1.807, 2.05) is 23.1 Å². The van der Waals surface area contributed by atoms with Crippen LogP contribution in [0.4, 0.5) is 13.2 Å². The molecule has 2 fully saturated rings. The molecular weight excluding hydrogens is 511 g/mol. The normalized spacial score (nSPS) is 20.2. The fraction of sp³-hybridized carbons (Fsp3) is 0.517. The van der Waals surface area contributed by atoms with Crippen molar-refractivity contribution in [2.75, 3.05) is 32.7 Å². The van der Waals surface area contributed by atoms with Crippen LogP contribution in [0, 0.1) is 5.92 Å². The molecule has 0 spiro atoms. The van der Waals surface area contributed by atoms with Crippen molar-refractivity contribution in [1.82, 2.24) is 15.1 Å². The van der Waals surface area contributed by atoms with E-state index in [1.165, 1.54) is 24.8 Å². The van der Waals surface area contributed by atoms with E-state index in [0.717, 1.165) is 44.1 Å². The molecule has 3 N–H and O–H groups in total. The second kappa shape index (κ2) is 15.0. The third kappa shape index (κ3) is 10.6. The average molecular weight is 550 g/mol. The van der Waals surface area contributed by atoms with E-state index >= 15 is 0 Å². The van der Waals surface area contributed by atoms with Gasteiger partial charge in [-0.15, -0.1) is 0 Å². The van der Waals surface area contributed by atoms with Crippen molar-refractivity contribution in [2.45, 2.75) is 57.0 Å². The number of carbonyl (C=O) groups is 2. The number of amides is 1. The highest BCUT2D eigenvalue weighted by atomic mass is 19.4. The number of halogens is 3. The molecule has 10 heteroatoms. The SMILES string of the molecule is O=C(O)C(F)(F)F.O=C([C@@H]1C[C@@H](O)CN1)N(CCCN1CCC(Cc2ccccc2)CC1)Cc1ccccc1. The van der Waals surface area contributed by atoms with Crippen molar-refractivity contribution < 1.29 is 33.0 Å². The summed E-state index contributed by atoms with van der Waals surface area (Å²) in [5.74, 6) is -1.86. The summed E-state index contributed by atoms with van der Waals surface area (Å²) in [7, 11) is 0. The number of benzene rings is 2. The molecule has 39 heavy (non-hydrogen) atoms. The van der Waals surface area contributed by atoms with Crippen molar-refractivity contribution in [3.05, 3.63) is 71.8 Å². The van der Waals surface area contributed by atoms with Gasteiger partial charge in [0.1, 0.15) is 0 Å². The molecule has 0 saturated carbocycles. The number of hydrogen-bond donors (Lipinski definition) is 3. The zero-order valence-electron chi connectivity index (χ0n) is 22.0. The summed E-state index contributed by atoms with van der Waals surface area (Å²) in [4.78, 5) is 26.6. The Hall–Kier alpha value is -2.95. The van der Waals surface area contributed by atoms with E-state index in [2.05, 4.69) is 52.7 Å². The Kier molecular flexibility index (Phi) is 11.8. The lowest BCUT2D eigenvalue weighted by Gasteiger charge is -2.33. The number of hydrogen-bond acceptors (Lipinski definition) is 5. The predicted molar refractivity (Wildman–Crippen MR) is 142 cm³/mol. The first kappa shape index (κ1) is 30.6. The van der Waals surface area contributed by atoms with E-state index in [4.69, 9.17) is 9.90 Å². The van der Waals surface area contributed by atoms with Gasteiger partial charge in [-0.3, -0.25) is 4.79 Å². The van der Waals surface area contributed by atoms with Crippen molar-refractivity contribution in [3.8, 4) is 0 Å². The Morgan fingerprint density at radius 2 is 1.54 bits per heavy atom. The van der Waals surface area contributed by atoms with Gasteiger partial charge in [0, 0.05) is 19.6 Å². The standard InChI is InChI=1S/C27H37N3O2.C2HF3O2/c31-25-19-26(28-20-25)27(32)30(21-24-10-5-2-6-11-24)15-7-14-29-16-12-23(13-17-29)18-22-8-3-1-4-9-22;3-2(4,5)1(6)7/h1-6,8-11,23,25-26,28,31H,7,12-21H2;(H,6,7)/t25-,26+;/m1./s1. The number of nitrogens with zero attached hydrogens (tertiary/aromatic N) is 2. The highest BCUT2D eigenvalue weighted by Crippen LogP contribution is 2.22. The first-order chi connectivity index (χ1) is 18.6. The summed E-state index contributed by atoms with van der Waals surface area (Å²) in [6.07, 6.45) is -0.304. The van der Waals surface area contributed by atoms with Gasteiger partial charge in [0.05, 0.1) is 12.1 Å². The Morgan fingerprint density at radius 1 is 0.974 bits per heavy atom. The van der Waals surface area contributed by atoms with Gasteiger partial charge >= 0.3 is 12.1 Å². The Labute approximate surface area is 227 Å². The predicted octanol–water partition coefficient (Wildman–Crippen LogP) is 3.72. The lowest BCUT2D eigenvalue weighted by Crippen LogP contribution is -2.44. The largest absolute Gasteiger partial charge is 0.490 e. The van der Waals surface area contributed by atoms with Crippen LogP contribution in [0.3, 0.4) is 0 Å². The van der Waals surface area contributed by atoms with Gasteiger partial charge in [-0.2, -0.15) is 13.2 Å². The molecule has 0 aliphatic carbocycles. The number of alkyl halides is 3. The highest BCUT2D eigenvalue weighted by Gasteiger charge is 2.38. The molecule has 2 aromatic rings. The van der Waals surface area contributed by atoms with Gasteiger partial charge in [0.2, 0.25) is 5.91 Å². The van der Waals surface area contributed by atoms with Gasteiger partial charge in [-0.1, -0.05) is 60.7 Å². The van der Waals surface area contributed by atoms with Gasteiger partial charge in [0.25, 0.3) is 0 Å². The molecular formula is C29H38F3N3O4. The average Bonchev–Trinajstić information content (AvgIpc) is 3.36. The quantitative estimate of drug-likeness (QED) is 0.442. The maximum atomic E-state index is 13.1. The summed E-state index contributed by atoms with van der Waals surface area (Å²) in [6, 6.07) is 20.8. The fourth-order valence-electron chi connectivity index (χ4n) is 5.04. The maximum absolute atomic E-state index is 13.1. The molecule has 0 aromatic heterocycles. The number of β-amino-alcohol motifs (C(OH)–C–C–N with tert-alkyl or cyclic N) is 1. The van der Waals surface area contributed by atoms with Crippen molar-refractivity contribution in [3.63, 3.8) is 0 Å². The second-order valence-corrected chi connectivity index (χ2v) is 10.2. The smallest absolute Gasteiger partial charge is 0.475 e. The van der Waals surface area contributed by atoms with E-state index in [1.54, 1.807) is 0 Å². The van der Waals surface area contributed by atoms with Crippen LogP contribution in [0.15, 0.2) is 60.7 Å². The van der Waals surface area contributed by atoms with Crippen molar-refractivity contribution in [2.24, 2.45) is 5.92 Å². The Balaban J connectivity index is 0.000000532. The van der Waals surface area contributed by atoms with Crippen LogP contribution in [0.5, 0.6) is 0 Å². The molecule has 7 nitrogen and oxygen atoms in total. The number of nitrogens with one attached hydrogen (secondary N) is 1. The third-order valence-electron chi connectivity index (χ3n) is 7.15.